The lowest BCUT2D eigenvalue weighted by Crippen LogP contribution is -2.17. The molecule has 0 aliphatic carbocycles. The predicted molar refractivity (Wildman–Crippen MR) is 45.7 cm³/mol. The fraction of sp³-hybridized carbons (Fsp3) is 0.125. The lowest BCUT2D eigenvalue weighted by molar-refractivity contribution is -0.119. The largest absolute Gasteiger partial charge is 0.272 e. The van der Waals surface area contributed by atoms with E-state index in [0.29, 0.717) is 5.02 Å². The summed E-state index contributed by atoms with van der Waals surface area (Å²) in [4.78, 5) is 10.5. The van der Waals surface area contributed by atoms with Crippen molar-refractivity contribution in [2.75, 3.05) is 5.12 Å². The van der Waals surface area contributed by atoms with Gasteiger partial charge in [0.1, 0.15) is 0 Å². The number of rotatable bonds is 1. The van der Waals surface area contributed by atoms with Crippen LogP contribution in [0.5, 0.6) is 0 Å². The molecule has 0 heterocycles. The van der Waals surface area contributed by atoms with Crippen LogP contribution in [-0.4, -0.2) is 5.91 Å². The minimum atomic E-state index is -0.655. The van der Waals surface area contributed by atoms with E-state index in [1.54, 1.807) is 0 Å². The summed E-state index contributed by atoms with van der Waals surface area (Å²) in [6.07, 6.45) is 0. The molecule has 1 rings (SSSR count). The molecule has 1 amide bonds. The van der Waals surface area contributed by atoms with Crippen molar-refractivity contribution < 1.29 is 9.28 Å². The molecule has 1 aromatic carbocycles. The molecule has 64 valence electrons. The molecule has 0 aliphatic heterocycles. The van der Waals surface area contributed by atoms with Gasteiger partial charge in [-0.1, -0.05) is 16.1 Å². The van der Waals surface area contributed by atoms with E-state index in [9.17, 15) is 9.28 Å². The maximum Gasteiger partial charge on any atom is 0.251 e. The van der Waals surface area contributed by atoms with E-state index in [1.807, 2.05) is 0 Å². The standard InChI is InChI=1S/C8H7ClFNO/c1-6(12)11(10)8-4-2-7(9)3-5-8/h2-5H,1H3. The average molecular weight is 188 g/mol. The number of hydrogen-bond donors (Lipinski definition) is 0. The maximum atomic E-state index is 12.8. The van der Waals surface area contributed by atoms with Crippen LogP contribution in [0.2, 0.25) is 5.02 Å². The SMILES string of the molecule is CC(=O)N(F)c1ccc(Cl)cc1. The molecular weight excluding hydrogens is 181 g/mol. The Hall–Kier alpha value is -1.09. The molecule has 0 atom stereocenters. The Labute approximate surface area is 74.5 Å². The molecule has 1 aromatic rings. The van der Waals surface area contributed by atoms with E-state index in [0.717, 1.165) is 6.92 Å². The van der Waals surface area contributed by atoms with E-state index >= 15 is 0 Å². The smallest absolute Gasteiger partial charge is 0.251 e. The first-order valence-electron chi connectivity index (χ1n) is 3.33. The molecule has 0 aromatic heterocycles. The highest BCUT2D eigenvalue weighted by Crippen LogP contribution is 2.18. The first-order chi connectivity index (χ1) is 5.61. The number of carbonyl (C=O) groups is 1. The van der Waals surface area contributed by atoms with E-state index in [4.69, 9.17) is 11.6 Å². The minimum Gasteiger partial charge on any atom is -0.272 e. The van der Waals surface area contributed by atoms with Gasteiger partial charge in [0, 0.05) is 11.9 Å². The van der Waals surface area contributed by atoms with Crippen molar-refractivity contribution >= 4 is 23.2 Å². The summed E-state index contributed by atoms with van der Waals surface area (Å²) < 4.78 is 12.8. The van der Waals surface area contributed by atoms with Crippen molar-refractivity contribution in [2.45, 2.75) is 6.92 Å². The number of nitrogens with zero attached hydrogens (tertiary/aromatic N) is 1. The summed E-state index contributed by atoms with van der Waals surface area (Å²) in [5.41, 5.74) is 0.187. The third-order valence-corrected chi connectivity index (χ3v) is 1.58. The summed E-state index contributed by atoms with van der Waals surface area (Å²) in [6, 6.07) is 5.91. The first-order valence-corrected chi connectivity index (χ1v) is 3.71. The van der Waals surface area contributed by atoms with Crippen LogP contribution in [0.4, 0.5) is 10.2 Å². The Morgan fingerprint density at radius 2 is 1.92 bits per heavy atom. The lowest BCUT2D eigenvalue weighted by atomic mass is 10.3. The Kier molecular flexibility index (Phi) is 2.65. The topological polar surface area (TPSA) is 20.3 Å². The van der Waals surface area contributed by atoms with Gasteiger partial charge in [0.2, 0.25) is 0 Å². The number of anilines is 1. The molecule has 0 bridgehead atoms. The zero-order valence-electron chi connectivity index (χ0n) is 6.42. The fourth-order valence-corrected chi connectivity index (χ4v) is 0.880. The number of amides is 1. The van der Waals surface area contributed by atoms with E-state index in [2.05, 4.69) is 0 Å². The third kappa shape index (κ3) is 1.95. The van der Waals surface area contributed by atoms with Crippen molar-refractivity contribution in [3.8, 4) is 0 Å². The summed E-state index contributed by atoms with van der Waals surface area (Å²) in [6.45, 7) is 1.15. The first kappa shape index (κ1) is 9.00. The second kappa shape index (κ2) is 3.54. The Morgan fingerprint density at radius 1 is 1.42 bits per heavy atom. The lowest BCUT2D eigenvalue weighted by Gasteiger charge is -2.08. The molecule has 12 heavy (non-hydrogen) atoms. The van der Waals surface area contributed by atoms with Crippen LogP contribution in [0.3, 0.4) is 0 Å². The van der Waals surface area contributed by atoms with Crippen LogP contribution < -0.4 is 5.12 Å². The van der Waals surface area contributed by atoms with Gasteiger partial charge in [-0.25, -0.2) is 0 Å². The van der Waals surface area contributed by atoms with Crippen LogP contribution >= 0.6 is 11.6 Å². The van der Waals surface area contributed by atoms with Gasteiger partial charge in [-0.3, -0.25) is 4.79 Å². The number of carbonyl (C=O) groups excluding carboxylic acids is 1. The van der Waals surface area contributed by atoms with Gasteiger partial charge >= 0.3 is 0 Å². The van der Waals surface area contributed by atoms with Gasteiger partial charge in [0.15, 0.2) is 0 Å². The molecule has 2 nitrogen and oxygen atoms in total. The second-order valence-corrected chi connectivity index (χ2v) is 2.71. The summed E-state index contributed by atoms with van der Waals surface area (Å²) >= 11 is 5.57. The van der Waals surface area contributed by atoms with Gasteiger partial charge < -0.3 is 0 Å². The zero-order chi connectivity index (χ0) is 9.14. The molecule has 0 saturated heterocycles. The summed E-state index contributed by atoms with van der Waals surface area (Å²) in [7, 11) is 0. The average Bonchev–Trinajstić information content (AvgIpc) is 2.04. The van der Waals surface area contributed by atoms with Gasteiger partial charge in [0.25, 0.3) is 5.91 Å². The van der Waals surface area contributed by atoms with E-state index < -0.39 is 5.91 Å². The molecule has 0 radical (unpaired) electrons. The summed E-state index contributed by atoms with van der Waals surface area (Å²) in [5.74, 6) is -0.655. The summed E-state index contributed by atoms with van der Waals surface area (Å²) in [5, 5.41) is 0.576. The molecular formula is C8H7ClFNO. The number of benzene rings is 1. The molecule has 0 spiro atoms. The van der Waals surface area contributed by atoms with Gasteiger partial charge in [-0.15, -0.1) is 5.12 Å². The Morgan fingerprint density at radius 3 is 2.33 bits per heavy atom. The van der Waals surface area contributed by atoms with Gasteiger partial charge in [0.05, 0.1) is 5.69 Å². The van der Waals surface area contributed by atoms with Crippen LogP contribution in [0.1, 0.15) is 6.92 Å². The van der Waals surface area contributed by atoms with E-state index in [-0.39, 0.29) is 10.8 Å². The molecule has 0 saturated carbocycles. The van der Waals surface area contributed by atoms with Crippen molar-refractivity contribution in [3.05, 3.63) is 29.3 Å². The third-order valence-electron chi connectivity index (χ3n) is 1.33. The van der Waals surface area contributed by atoms with Crippen LogP contribution in [0, 0.1) is 0 Å². The zero-order valence-corrected chi connectivity index (χ0v) is 7.18. The monoisotopic (exact) mass is 187 g/mol. The number of hydrogen-bond acceptors (Lipinski definition) is 1. The van der Waals surface area contributed by atoms with Crippen molar-refractivity contribution in [3.63, 3.8) is 0 Å². The highest BCUT2D eigenvalue weighted by Gasteiger charge is 2.08. The molecule has 0 fully saturated rings. The maximum absolute atomic E-state index is 12.8. The van der Waals surface area contributed by atoms with Crippen LogP contribution in [0.15, 0.2) is 24.3 Å². The molecule has 4 heteroatoms. The highest BCUT2D eigenvalue weighted by atomic mass is 35.5. The molecule has 0 aliphatic rings. The van der Waals surface area contributed by atoms with Crippen LogP contribution in [0.25, 0.3) is 0 Å². The minimum absolute atomic E-state index is 0.0658. The quantitative estimate of drug-likeness (QED) is 0.619. The van der Waals surface area contributed by atoms with Crippen molar-refractivity contribution in [1.29, 1.82) is 0 Å². The molecule has 0 N–H and O–H groups in total. The van der Waals surface area contributed by atoms with Gasteiger partial charge in [-0.2, -0.15) is 0 Å². The normalized spacial score (nSPS) is 9.58. The molecule has 0 unspecified atom stereocenters. The van der Waals surface area contributed by atoms with Crippen LogP contribution in [-0.2, 0) is 4.79 Å². The number of halogens is 2. The van der Waals surface area contributed by atoms with E-state index in [1.165, 1.54) is 24.3 Å². The van der Waals surface area contributed by atoms with Crippen molar-refractivity contribution in [1.82, 2.24) is 0 Å². The second-order valence-electron chi connectivity index (χ2n) is 2.28. The predicted octanol–water partition coefficient (Wildman–Crippen LogP) is 2.58. The fourth-order valence-electron chi connectivity index (χ4n) is 0.754. The Bertz CT molecular complexity index is 286. The Balaban J connectivity index is 2.89. The van der Waals surface area contributed by atoms with Gasteiger partial charge in [-0.05, 0) is 24.3 Å². The highest BCUT2D eigenvalue weighted by molar-refractivity contribution is 6.30. The van der Waals surface area contributed by atoms with Crippen molar-refractivity contribution in [2.24, 2.45) is 0 Å².